The molecule has 0 fully saturated rings. The van der Waals surface area contributed by atoms with Gasteiger partial charge in [0.25, 0.3) is 0 Å². The zero-order chi connectivity index (χ0) is 12.2. The summed E-state index contributed by atoms with van der Waals surface area (Å²) < 4.78 is 15.6. The van der Waals surface area contributed by atoms with Crippen LogP contribution in [0.4, 0.5) is 4.39 Å². The Balaban J connectivity index is 2.30. The molecular formula is C14H17FN2. The van der Waals surface area contributed by atoms with E-state index in [1.807, 2.05) is 6.07 Å². The minimum Gasteiger partial charge on any atom is -0.346 e. The Morgan fingerprint density at radius 1 is 1.35 bits per heavy atom. The topological polar surface area (TPSA) is 17.0 Å². The van der Waals surface area contributed by atoms with Crippen LogP contribution in [0.15, 0.2) is 18.2 Å². The van der Waals surface area contributed by atoms with Gasteiger partial charge in [0.2, 0.25) is 0 Å². The highest BCUT2D eigenvalue weighted by atomic mass is 19.1. The summed E-state index contributed by atoms with van der Waals surface area (Å²) in [6.07, 6.45) is 0.948. The molecule has 0 atom stereocenters. The molecule has 90 valence electrons. The molecule has 3 rings (SSSR count). The van der Waals surface area contributed by atoms with Crippen LogP contribution >= 0.6 is 0 Å². The quantitative estimate of drug-likeness (QED) is 0.739. The van der Waals surface area contributed by atoms with Crippen molar-refractivity contribution in [3.63, 3.8) is 0 Å². The van der Waals surface area contributed by atoms with E-state index in [0.29, 0.717) is 0 Å². The standard InChI is InChI=1S/C14H17FN2/c1-14(2)7-11-10-6-9(15)4-5-12(10)17(3)13(11)8-16-14/h4-6,16H,7-8H2,1-3H3. The first-order chi connectivity index (χ1) is 7.98. The number of nitrogens with one attached hydrogen (secondary N) is 1. The Morgan fingerprint density at radius 2 is 2.12 bits per heavy atom. The Bertz CT molecular complexity index is 596. The van der Waals surface area contributed by atoms with Crippen molar-refractivity contribution in [1.82, 2.24) is 9.88 Å². The van der Waals surface area contributed by atoms with Crippen LogP contribution in [0.3, 0.4) is 0 Å². The Labute approximate surface area is 100 Å². The predicted molar refractivity (Wildman–Crippen MR) is 67.5 cm³/mol. The molecule has 1 N–H and O–H groups in total. The van der Waals surface area contributed by atoms with Crippen molar-refractivity contribution in [2.75, 3.05) is 0 Å². The highest BCUT2D eigenvalue weighted by Gasteiger charge is 2.28. The maximum absolute atomic E-state index is 13.4. The lowest BCUT2D eigenvalue weighted by Crippen LogP contribution is -2.44. The van der Waals surface area contributed by atoms with Crippen molar-refractivity contribution in [2.24, 2.45) is 7.05 Å². The van der Waals surface area contributed by atoms with Crippen molar-refractivity contribution in [3.05, 3.63) is 35.3 Å². The third-order valence-electron chi connectivity index (χ3n) is 3.75. The number of fused-ring (bicyclic) bond motifs is 3. The molecule has 2 aromatic rings. The van der Waals surface area contributed by atoms with Crippen LogP contribution in [-0.4, -0.2) is 10.1 Å². The van der Waals surface area contributed by atoms with Crippen molar-refractivity contribution in [3.8, 4) is 0 Å². The van der Waals surface area contributed by atoms with Crippen molar-refractivity contribution in [2.45, 2.75) is 32.4 Å². The second-order valence-corrected chi connectivity index (χ2v) is 5.56. The van der Waals surface area contributed by atoms with E-state index in [4.69, 9.17) is 0 Å². The SMILES string of the molecule is Cn1c2c(c3cc(F)ccc31)CC(C)(C)NC2. The first-order valence-electron chi connectivity index (χ1n) is 5.99. The molecule has 2 nitrogen and oxygen atoms in total. The normalized spacial score (nSPS) is 18.4. The molecule has 1 aromatic carbocycles. The van der Waals surface area contributed by atoms with E-state index < -0.39 is 0 Å². The van der Waals surface area contributed by atoms with Gasteiger partial charge in [-0.1, -0.05) is 0 Å². The Kier molecular flexibility index (Phi) is 2.11. The zero-order valence-electron chi connectivity index (χ0n) is 10.5. The van der Waals surface area contributed by atoms with Gasteiger partial charge in [0.15, 0.2) is 0 Å². The number of hydrogen-bond donors (Lipinski definition) is 1. The summed E-state index contributed by atoms with van der Waals surface area (Å²) in [5.74, 6) is -0.151. The highest BCUT2D eigenvalue weighted by Crippen LogP contribution is 2.32. The lowest BCUT2D eigenvalue weighted by molar-refractivity contribution is 0.357. The number of aromatic nitrogens is 1. The maximum Gasteiger partial charge on any atom is 0.123 e. The maximum atomic E-state index is 13.4. The molecule has 17 heavy (non-hydrogen) atoms. The monoisotopic (exact) mass is 232 g/mol. The average molecular weight is 232 g/mol. The lowest BCUT2D eigenvalue weighted by atomic mass is 9.89. The van der Waals surface area contributed by atoms with E-state index in [1.54, 1.807) is 6.07 Å². The van der Waals surface area contributed by atoms with Crippen molar-refractivity contribution >= 4 is 10.9 Å². The average Bonchev–Trinajstić information content (AvgIpc) is 2.51. The minimum absolute atomic E-state index is 0.0909. The van der Waals surface area contributed by atoms with Crippen LogP contribution in [0.2, 0.25) is 0 Å². The number of nitrogens with zero attached hydrogens (tertiary/aromatic N) is 1. The highest BCUT2D eigenvalue weighted by molar-refractivity contribution is 5.86. The molecule has 0 spiro atoms. The van der Waals surface area contributed by atoms with E-state index in [0.717, 1.165) is 23.9 Å². The van der Waals surface area contributed by atoms with Crippen LogP contribution in [0.1, 0.15) is 25.1 Å². The summed E-state index contributed by atoms with van der Waals surface area (Å²) >= 11 is 0. The fourth-order valence-electron chi connectivity index (χ4n) is 2.80. The van der Waals surface area contributed by atoms with Gasteiger partial charge in [-0.15, -0.1) is 0 Å². The second kappa shape index (κ2) is 3.33. The molecule has 1 aromatic heterocycles. The molecule has 0 bridgehead atoms. The largest absolute Gasteiger partial charge is 0.346 e. The molecule has 0 radical (unpaired) electrons. The van der Waals surface area contributed by atoms with E-state index in [9.17, 15) is 4.39 Å². The number of benzene rings is 1. The van der Waals surface area contributed by atoms with Gasteiger partial charge in [0.1, 0.15) is 5.82 Å². The molecule has 0 aliphatic carbocycles. The van der Waals surface area contributed by atoms with Gasteiger partial charge in [0.05, 0.1) is 0 Å². The number of halogens is 1. The van der Waals surface area contributed by atoms with Crippen molar-refractivity contribution < 1.29 is 4.39 Å². The van der Waals surface area contributed by atoms with Crippen LogP contribution in [0.5, 0.6) is 0 Å². The lowest BCUT2D eigenvalue weighted by Gasteiger charge is -2.31. The van der Waals surface area contributed by atoms with Crippen LogP contribution in [0.25, 0.3) is 10.9 Å². The van der Waals surface area contributed by atoms with E-state index in [2.05, 4.69) is 30.8 Å². The summed E-state index contributed by atoms with van der Waals surface area (Å²) in [6, 6.07) is 5.07. The smallest absolute Gasteiger partial charge is 0.123 e. The van der Waals surface area contributed by atoms with E-state index >= 15 is 0 Å². The third-order valence-corrected chi connectivity index (χ3v) is 3.75. The van der Waals surface area contributed by atoms with E-state index in [1.165, 1.54) is 17.3 Å². The molecule has 0 unspecified atom stereocenters. The van der Waals surface area contributed by atoms with Gasteiger partial charge >= 0.3 is 0 Å². The Morgan fingerprint density at radius 3 is 2.88 bits per heavy atom. The molecule has 0 saturated carbocycles. The number of aryl methyl sites for hydroxylation is 1. The van der Waals surface area contributed by atoms with E-state index in [-0.39, 0.29) is 11.4 Å². The predicted octanol–water partition coefficient (Wildman–Crippen LogP) is 2.74. The number of hydrogen-bond acceptors (Lipinski definition) is 1. The molecule has 2 heterocycles. The Hall–Kier alpha value is -1.35. The van der Waals surface area contributed by atoms with Gasteiger partial charge in [-0.05, 0) is 44.0 Å². The second-order valence-electron chi connectivity index (χ2n) is 5.56. The first-order valence-corrected chi connectivity index (χ1v) is 5.99. The van der Waals surface area contributed by atoms with Gasteiger partial charge in [-0.2, -0.15) is 0 Å². The van der Waals surface area contributed by atoms with Gasteiger partial charge in [0, 0.05) is 35.7 Å². The summed E-state index contributed by atoms with van der Waals surface area (Å²) in [5.41, 5.74) is 3.79. The van der Waals surface area contributed by atoms with Gasteiger partial charge in [-0.3, -0.25) is 0 Å². The summed E-state index contributed by atoms with van der Waals surface area (Å²) in [6.45, 7) is 5.23. The molecule has 0 amide bonds. The molecule has 1 aliphatic rings. The minimum atomic E-state index is -0.151. The number of rotatable bonds is 0. The van der Waals surface area contributed by atoms with Gasteiger partial charge in [-0.25, -0.2) is 4.39 Å². The zero-order valence-corrected chi connectivity index (χ0v) is 10.5. The van der Waals surface area contributed by atoms with Crippen LogP contribution < -0.4 is 5.32 Å². The van der Waals surface area contributed by atoms with Crippen molar-refractivity contribution in [1.29, 1.82) is 0 Å². The van der Waals surface area contributed by atoms with Crippen LogP contribution in [-0.2, 0) is 20.0 Å². The first kappa shape index (κ1) is 10.8. The van der Waals surface area contributed by atoms with Crippen LogP contribution in [0, 0.1) is 5.82 Å². The summed E-state index contributed by atoms with van der Waals surface area (Å²) in [5, 5.41) is 4.58. The summed E-state index contributed by atoms with van der Waals surface area (Å²) in [7, 11) is 2.05. The molecule has 3 heteroatoms. The molecule has 1 aliphatic heterocycles. The van der Waals surface area contributed by atoms with Gasteiger partial charge < -0.3 is 9.88 Å². The summed E-state index contributed by atoms with van der Waals surface area (Å²) in [4.78, 5) is 0. The fraction of sp³-hybridized carbons (Fsp3) is 0.429. The molecule has 0 saturated heterocycles. The third kappa shape index (κ3) is 1.57. The molecular weight excluding hydrogens is 215 g/mol. The fourth-order valence-corrected chi connectivity index (χ4v) is 2.80.